The molecule has 0 rings (SSSR count). The van der Waals surface area contributed by atoms with Gasteiger partial charge < -0.3 is 14.2 Å². The van der Waals surface area contributed by atoms with Gasteiger partial charge in [0.05, 0.1) is 0 Å². The first-order valence-corrected chi connectivity index (χ1v) is 32.2. The van der Waals surface area contributed by atoms with Crippen molar-refractivity contribution in [3.63, 3.8) is 0 Å². The van der Waals surface area contributed by atoms with Crippen LogP contribution in [0, 0.1) is 0 Å². The molecule has 0 aliphatic rings. The normalized spacial score (nSPS) is 13.0. The third kappa shape index (κ3) is 62.4. The minimum absolute atomic E-state index is 0.102. The number of carbonyl (C=O) groups is 3. The summed E-state index contributed by atoms with van der Waals surface area (Å²) in [7, 11) is 0. The highest BCUT2D eigenvalue weighted by atomic mass is 16.6. The van der Waals surface area contributed by atoms with Crippen LogP contribution in [0.1, 0.15) is 284 Å². The molecule has 0 heterocycles. The molecule has 0 bridgehead atoms. The van der Waals surface area contributed by atoms with E-state index >= 15 is 0 Å². The number of hydrogen-bond donors (Lipinski definition) is 0. The zero-order chi connectivity index (χ0) is 56.4. The van der Waals surface area contributed by atoms with Crippen LogP contribution in [0.3, 0.4) is 0 Å². The summed E-state index contributed by atoms with van der Waals surface area (Å²) in [6.07, 6.45) is 91.6. The first kappa shape index (κ1) is 73.5. The number of hydrogen-bond acceptors (Lipinski definition) is 6. The Hall–Kier alpha value is -4.45. The molecule has 0 radical (unpaired) electrons. The molecule has 1 atom stereocenters. The van der Waals surface area contributed by atoms with Crippen LogP contribution in [0.4, 0.5) is 0 Å². The molecule has 0 aliphatic heterocycles. The van der Waals surface area contributed by atoms with E-state index in [0.29, 0.717) is 19.3 Å². The van der Waals surface area contributed by atoms with Crippen LogP contribution in [0.15, 0.2) is 134 Å². The minimum Gasteiger partial charge on any atom is -0.462 e. The van der Waals surface area contributed by atoms with Crippen molar-refractivity contribution >= 4 is 17.9 Å². The molecule has 0 amide bonds. The van der Waals surface area contributed by atoms with Gasteiger partial charge in [-0.1, -0.05) is 257 Å². The fourth-order valence-corrected chi connectivity index (χ4v) is 8.54. The Morgan fingerprint density at radius 2 is 0.500 bits per heavy atom. The average molecular weight is 1080 g/mol. The molecule has 1 unspecified atom stereocenters. The molecule has 442 valence electrons. The van der Waals surface area contributed by atoms with Crippen molar-refractivity contribution in [3.8, 4) is 0 Å². The second-order valence-corrected chi connectivity index (χ2v) is 20.9. The van der Waals surface area contributed by atoms with E-state index in [1.807, 2.05) is 0 Å². The fraction of sp³-hybridized carbons (Fsp3) is 0.653. The van der Waals surface area contributed by atoms with Crippen LogP contribution in [-0.2, 0) is 28.6 Å². The summed E-state index contributed by atoms with van der Waals surface area (Å²) >= 11 is 0. The smallest absolute Gasteiger partial charge is 0.306 e. The Balaban J connectivity index is 4.50. The fourth-order valence-electron chi connectivity index (χ4n) is 8.54. The Morgan fingerprint density at radius 3 is 0.833 bits per heavy atom. The first-order valence-electron chi connectivity index (χ1n) is 32.2. The molecule has 0 aliphatic carbocycles. The zero-order valence-corrected chi connectivity index (χ0v) is 50.6. The van der Waals surface area contributed by atoms with Gasteiger partial charge in [0.15, 0.2) is 6.10 Å². The van der Waals surface area contributed by atoms with E-state index < -0.39 is 6.10 Å². The average Bonchev–Trinajstić information content (AvgIpc) is 3.44. The Morgan fingerprint density at radius 1 is 0.269 bits per heavy atom. The molecular formula is C72H118O6. The van der Waals surface area contributed by atoms with E-state index in [4.69, 9.17) is 14.2 Å². The molecule has 78 heavy (non-hydrogen) atoms. The maximum atomic E-state index is 12.9. The van der Waals surface area contributed by atoms with E-state index in [1.165, 1.54) is 96.3 Å². The molecule has 0 saturated heterocycles. The molecule has 6 nitrogen and oxygen atoms in total. The molecule has 0 N–H and O–H groups in total. The molecule has 0 aromatic rings. The Labute approximate surface area is 481 Å². The van der Waals surface area contributed by atoms with E-state index in [9.17, 15) is 14.4 Å². The highest BCUT2D eigenvalue weighted by Crippen LogP contribution is 2.14. The molecular weight excluding hydrogens is 961 g/mol. The topological polar surface area (TPSA) is 78.9 Å². The summed E-state index contributed by atoms with van der Waals surface area (Å²) in [6.45, 7) is 6.46. The summed E-state index contributed by atoms with van der Waals surface area (Å²) in [5.41, 5.74) is 0. The lowest BCUT2D eigenvalue weighted by molar-refractivity contribution is -0.167. The maximum Gasteiger partial charge on any atom is 0.306 e. The highest BCUT2D eigenvalue weighted by molar-refractivity contribution is 5.71. The number of unbranched alkanes of at least 4 members (excludes halogenated alkanes) is 24. The summed E-state index contributed by atoms with van der Waals surface area (Å²) in [4.78, 5) is 38.3. The standard InChI is InChI=1S/C72H118O6/c1-4-7-10-13-16-19-22-25-28-31-33-34-35-36-37-38-40-41-44-47-50-53-56-59-62-65-71(74)77-68-69(67-76-70(73)64-61-58-55-52-49-46-43-30-27-24-21-18-15-12-9-6-3)78-72(75)66-63-60-57-54-51-48-45-42-39-32-29-26-23-20-17-14-11-8-5-2/h7,10,16-17,19-20,25-26,28-30,33-34,36-37,39-43,47,50,69H,4-6,8-9,11-15,18,21-24,27,31-32,35,38,44-46,48-49,51-68H2,1-3H3/b10-7-,19-16-,20-17-,28-25-,29-26-,34-33-,37-36-,41-40-,42-39-,43-30-,50-47-. The van der Waals surface area contributed by atoms with Gasteiger partial charge in [0, 0.05) is 19.3 Å². The van der Waals surface area contributed by atoms with Crippen molar-refractivity contribution in [1.29, 1.82) is 0 Å². The number of rotatable bonds is 57. The molecule has 0 aromatic carbocycles. The second kappa shape index (κ2) is 65.1. The SMILES string of the molecule is CC/C=C\C/C=C\C/C=C\C/C=C\C/C=C\C/C=C\C/C=C\CCCCCC(=O)OCC(COC(=O)CCCCCCC/C=C\CCCCCCCCC)OC(=O)CCCCCCCC/C=C\C/C=C\C/C=C\CCCCC. The van der Waals surface area contributed by atoms with Crippen molar-refractivity contribution < 1.29 is 28.6 Å². The third-order valence-electron chi connectivity index (χ3n) is 13.4. The summed E-state index contributed by atoms with van der Waals surface area (Å²) in [5.74, 6) is -0.954. The van der Waals surface area contributed by atoms with Gasteiger partial charge in [-0.3, -0.25) is 14.4 Å². The lowest BCUT2D eigenvalue weighted by atomic mass is 10.1. The van der Waals surface area contributed by atoms with Crippen LogP contribution < -0.4 is 0 Å². The quantitative estimate of drug-likeness (QED) is 0.0261. The summed E-state index contributed by atoms with van der Waals surface area (Å²) in [5, 5.41) is 0. The predicted octanol–water partition coefficient (Wildman–Crippen LogP) is 22.2. The van der Waals surface area contributed by atoms with E-state index in [1.54, 1.807) is 0 Å². The van der Waals surface area contributed by atoms with E-state index in [0.717, 1.165) is 148 Å². The molecule has 6 heteroatoms. The van der Waals surface area contributed by atoms with Crippen molar-refractivity contribution in [3.05, 3.63) is 134 Å². The molecule has 0 aromatic heterocycles. The minimum atomic E-state index is -0.809. The van der Waals surface area contributed by atoms with Gasteiger partial charge in [-0.25, -0.2) is 0 Å². The monoisotopic (exact) mass is 1080 g/mol. The first-order chi connectivity index (χ1) is 38.5. The van der Waals surface area contributed by atoms with Gasteiger partial charge >= 0.3 is 17.9 Å². The largest absolute Gasteiger partial charge is 0.462 e. The third-order valence-corrected chi connectivity index (χ3v) is 13.4. The van der Waals surface area contributed by atoms with Crippen LogP contribution in [-0.4, -0.2) is 37.2 Å². The molecule has 0 fully saturated rings. The number of esters is 3. The maximum absolute atomic E-state index is 12.9. The summed E-state index contributed by atoms with van der Waals surface area (Å²) < 4.78 is 16.9. The number of carbonyl (C=O) groups excluding carboxylic acids is 3. The van der Waals surface area contributed by atoms with Gasteiger partial charge in [0.2, 0.25) is 0 Å². The van der Waals surface area contributed by atoms with Crippen LogP contribution in [0.25, 0.3) is 0 Å². The molecule has 0 spiro atoms. The van der Waals surface area contributed by atoms with Gasteiger partial charge in [-0.05, 0) is 141 Å². The summed E-state index contributed by atoms with van der Waals surface area (Å²) in [6, 6.07) is 0. The Kier molecular flexibility index (Phi) is 61.4. The van der Waals surface area contributed by atoms with E-state index in [2.05, 4.69) is 154 Å². The number of allylic oxidation sites excluding steroid dienone is 22. The van der Waals surface area contributed by atoms with Crippen LogP contribution in [0.2, 0.25) is 0 Å². The second-order valence-electron chi connectivity index (χ2n) is 20.9. The van der Waals surface area contributed by atoms with Crippen LogP contribution >= 0.6 is 0 Å². The zero-order valence-electron chi connectivity index (χ0n) is 50.6. The van der Waals surface area contributed by atoms with Crippen molar-refractivity contribution in [2.45, 2.75) is 290 Å². The van der Waals surface area contributed by atoms with E-state index in [-0.39, 0.29) is 31.1 Å². The van der Waals surface area contributed by atoms with Crippen molar-refractivity contribution in [2.24, 2.45) is 0 Å². The molecule has 0 saturated carbocycles. The lowest BCUT2D eigenvalue weighted by Gasteiger charge is -2.18. The van der Waals surface area contributed by atoms with Crippen molar-refractivity contribution in [2.75, 3.05) is 13.2 Å². The predicted molar refractivity (Wildman–Crippen MR) is 339 cm³/mol. The van der Waals surface area contributed by atoms with Gasteiger partial charge in [0.25, 0.3) is 0 Å². The van der Waals surface area contributed by atoms with Gasteiger partial charge in [-0.2, -0.15) is 0 Å². The van der Waals surface area contributed by atoms with Gasteiger partial charge in [-0.15, -0.1) is 0 Å². The van der Waals surface area contributed by atoms with Gasteiger partial charge in [0.1, 0.15) is 13.2 Å². The van der Waals surface area contributed by atoms with Crippen LogP contribution in [0.5, 0.6) is 0 Å². The number of ether oxygens (including phenoxy) is 3. The highest BCUT2D eigenvalue weighted by Gasteiger charge is 2.19. The van der Waals surface area contributed by atoms with Crippen molar-refractivity contribution in [1.82, 2.24) is 0 Å². The Bertz CT molecular complexity index is 1670. The lowest BCUT2D eigenvalue weighted by Crippen LogP contribution is -2.30.